The average Bonchev–Trinajstić information content (AvgIpc) is 3.40. The predicted octanol–water partition coefficient (Wildman–Crippen LogP) is 5.86. The molecule has 4 aromatic rings. The van der Waals surface area contributed by atoms with Gasteiger partial charge in [0.25, 0.3) is 0 Å². The molecule has 0 aliphatic carbocycles. The van der Waals surface area contributed by atoms with Gasteiger partial charge < -0.3 is 14.8 Å². The number of aromatic nitrogens is 3. The molecular formula is C23H17BrClN5S. The molecule has 0 amide bonds. The zero-order chi connectivity index (χ0) is 21.4. The van der Waals surface area contributed by atoms with Gasteiger partial charge in [-0.05, 0) is 72.9 Å². The van der Waals surface area contributed by atoms with Gasteiger partial charge in [-0.3, -0.25) is 4.98 Å². The van der Waals surface area contributed by atoms with Crippen molar-refractivity contribution in [2.24, 2.45) is 0 Å². The van der Waals surface area contributed by atoms with Crippen molar-refractivity contribution in [1.29, 1.82) is 0 Å². The third-order valence-corrected chi connectivity index (χ3v) is 6.31. The van der Waals surface area contributed by atoms with Gasteiger partial charge >= 0.3 is 0 Å². The Morgan fingerprint density at radius 3 is 2.52 bits per heavy atom. The van der Waals surface area contributed by atoms with Crippen LogP contribution in [-0.2, 0) is 0 Å². The third kappa shape index (κ3) is 3.84. The molecule has 0 spiro atoms. The Morgan fingerprint density at radius 2 is 1.81 bits per heavy atom. The van der Waals surface area contributed by atoms with Gasteiger partial charge in [-0.15, -0.1) is 0 Å². The fraction of sp³-hybridized carbons (Fsp3) is 0.0870. The largest absolute Gasteiger partial charge is 0.351 e. The Bertz CT molecular complexity index is 1210. The van der Waals surface area contributed by atoms with E-state index < -0.39 is 0 Å². The first-order valence-corrected chi connectivity index (χ1v) is 11.2. The fourth-order valence-corrected chi connectivity index (χ4v) is 4.61. The van der Waals surface area contributed by atoms with E-state index in [2.05, 4.69) is 58.9 Å². The van der Waals surface area contributed by atoms with Crippen LogP contribution >= 0.6 is 39.7 Å². The summed E-state index contributed by atoms with van der Waals surface area (Å²) in [5, 5.41) is 4.74. The Morgan fingerprint density at radius 1 is 0.968 bits per heavy atom. The number of thiocarbonyl (C=S) groups is 1. The first-order valence-electron chi connectivity index (χ1n) is 9.67. The minimum Gasteiger partial charge on any atom is -0.351 e. The number of halogens is 2. The lowest BCUT2D eigenvalue weighted by atomic mass is 10.0. The Balaban J connectivity index is 1.66. The summed E-state index contributed by atoms with van der Waals surface area (Å²) in [7, 11) is 0. The van der Waals surface area contributed by atoms with E-state index in [9.17, 15) is 0 Å². The lowest BCUT2D eigenvalue weighted by Crippen LogP contribution is -2.30. The number of nitrogens with one attached hydrogen (secondary N) is 1. The topological polar surface area (TPSA) is 46.0 Å². The van der Waals surface area contributed by atoms with Crippen molar-refractivity contribution in [3.63, 3.8) is 0 Å². The van der Waals surface area contributed by atoms with E-state index >= 15 is 0 Å². The molecule has 1 aliphatic heterocycles. The van der Waals surface area contributed by atoms with Gasteiger partial charge in [0, 0.05) is 34.4 Å². The van der Waals surface area contributed by atoms with E-state index in [0.29, 0.717) is 10.1 Å². The number of hydrogen-bond donors (Lipinski definition) is 1. The maximum absolute atomic E-state index is 6.06. The SMILES string of the molecule is S=C1N[C@@H](c2ccccn2)[C@@H](c2cccn2-c2ccc(Cl)cn2)N1c1ccc(Br)cc1. The molecule has 8 heteroatoms. The monoisotopic (exact) mass is 509 g/mol. The Hall–Kier alpha value is -2.74. The van der Waals surface area contributed by atoms with Gasteiger partial charge in [0.05, 0.1) is 16.8 Å². The highest BCUT2D eigenvalue weighted by Gasteiger charge is 2.42. The molecule has 3 aromatic heterocycles. The van der Waals surface area contributed by atoms with Crippen LogP contribution < -0.4 is 10.2 Å². The summed E-state index contributed by atoms with van der Waals surface area (Å²) in [5.74, 6) is 0.790. The van der Waals surface area contributed by atoms with Gasteiger partial charge in [0.1, 0.15) is 11.9 Å². The van der Waals surface area contributed by atoms with Crippen molar-refractivity contribution < 1.29 is 0 Å². The van der Waals surface area contributed by atoms with E-state index in [-0.39, 0.29) is 12.1 Å². The lowest BCUT2D eigenvalue weighted by molar-refractivity contribution is 0.548. The summed E-state index contributed by atoms with van der Waals surface area (Å²) < 4.78 is 3.08. The minimum atomic E-state index is -0.129. The second-order valence-corrected chi connectivity index (χ2v) is 8.85. The zero-order valence-electron chi connectivity index (χ0n) is 16.2. The molecule has 2 atom stereocenters. The Kier molecular flexibility index (Phi) is 5.48. The van der Waals surface area contributed by atoms with Crippen LogP contribution in [0.3, 0.4) is 0 Å². The van der Waals surface area contributed by atoms with Crippen LogP contribution in [0.25, 0.3) is 5.82 Å². The van der Waals surface area contributed by atoms with Crippen LogP contribution in [0.2, 0.25) is 5.02 Å². The predicted molar refractivity (Wildman–Crippen MR) is 131 cm³/mol. The second-order valence-electron chi connectivity index (χ2n) is 7.11. The number of nitrogens with zero attached hydrogens (tertiary/aromatic N) is 4. The minimum absolute atomic E-state index is 0.127. The number of hydrogen-bond acceptors (Lipinski definition) is 3. The van der Waals surface area contributed by atoms with Crippen LogP contribution in [-0.4, -0.2) is 19.6 Å². The van der Waals surface area contributed by atoms with Crippen LogP contribution in [0.5, 0.6) is 0 Å². The zero-order valence-corrected chi connectivity index (χ0v) is 19.3. The first kappa shape index (κ1) is 20.2. The maximum atomic E-state index is 6.06. The van der Waals surface area contributed by atoms with E-state index in [1.54, 1.807) is 12.4 Å². The summed E-state index contributed by atoms with van der Waals surface area (Å²) in [4.78, 5) is 11.3. The summed E-state index contributed by atoms with van der Waals surface area (Å²) in [6, 6.07) is 21.7. The van der Waals surface area contributed by atoms with Gasteiger partial charge in [0.15, 0.2) is 5.11 Å². The van der Waals surface area contributed by atoms with Gasteiger partial charge in [-0.1, -0.05) is 33.6 Å². The van der Waals surface area contributed by atoms with E-state index in [4.69, 9.17) is 23.8 Å². The summed E-state index contributed by atoms with van der Waals surface area (Å²) in [6.07, 6.45) is 5.46. The van der Waals surface area contributed by atoms with Crippen molar-refractivity contribution >= 4 is 50.5 Å². The highest BCUT2D eigenvalue weighted by Crippen LogP contribution is 2.42. The third-order valence-electron chi connectivity index (χ3n) is 5.24. The van der Waals surface area contributed by atoms with Crippen molar-refractivity contribution in [3.8, 4) is 5.82 Å². The summed E-state index contributed by atoms with van der Waals surface area (Å²) in [5.41, 5.74) is 2.97. The number of rotatable bonds is 4. The molecule has 0 saturated carbocycles. The van der Waals surface area contributed by atoms with Crippen molar-refractivity contribution in [3.05, 3.63) is 106 Å². The average molecular weight is 511 g/mol. The molecule has 0 bridgehead atoms. The Labute approximate surface area is 198 Å². The van der Waals surface area contributed by atoms with Crippen molar-refractivity contribution in [2.45, 2.75) is 12.1 Å². The lowest BCUT2D eigenvalue weighted by Gasteiger charge is -2.28. The first-order chi connectivity index (χ1) is 15.1. The van der Waals surface area contributed by atoms with Crippen LogP contribution in [0, 0.1) is 0 Å². The number of anilines is 1. The molecule has 1 fully saturated rings. The maximum Gasteiger partial charge on any atom is 0.174 e. The van der Waals surface area contributed by atoms with Gasteiger partial charge in [-0.2, -0.15) is 0 Å². The fourth-order valence-electron chi connectivity index (χ4n) is 3.89. The smallest absolute Gasteiger partial charge is 0.174 e. The van der Waals surface area contributed by atoms with Crippen molar-refractivity contribution in [1.82, 2.24) is 19.9 Å². The summed E-state index contributed by atoms with van der Waals surface area (Å²) in [6.45, 7) is 0. The van der Waals surface area contributed by atoms with E-state index in [0.717, 1.165) is 27.4 Å². The van der Waals surface area contributed by atoms with Crippen molar-refractivity contribution in [2.75, 3.05) is 4.90 Å². The molecule has 1 N–H and O–H groups in total. The van der Waals surface area contributed by atoms with Gasteiger partial charge in [-0.25, -0.2) is 4.98 Å². The normalized spacial score (nSPS) is 18.3. The van der Waals surface area contributed by atoms with E-state index in [1.807, 2.05) is 54.7 Å². The molecule has 5 nitrogen and oxygen atoms in total. The molecule has 0 radical (unpaired) electrons. The van der Waals surface area contributed by atoms with Crippen LogP contribution in [0.1, 0.15) is 23.5 Å². The van der Waals surface area contributed by atoms with Crippen LogP contribution in [0.15, 0.2) is 89.8 Å². The molecule has 0 unspecified atom stereocenters. The number of pyridine rings is 2. The van der Waals surface area contributed by atoms with E-state index in [1.165, 1.54) is 0 Å². The molecule has 1 saturated heterocycles. The second kappa shape index (κ2) is 8.42. The molecule has 1 aromatic carbocycles. The summed E-state index contributed by atoms with van der Waals surface area (Å²) >= 11 is 15.4. The highest BCUT2D eigenvalue weighted by molar-refractivity contribution is 9.10. The quantitative estimate of drug-likeness (QED) is 0.348. The molecule has 31 heavy (non-hydrogen) atoms. The van der Waals surface area contributed by atoms with Gasteiger partial charge in [0.2, 0.25) is 0 Å². The molecule has 4 heterocycles. The number of benzene rings is 1. The molecular weight excluding hydrogens is 494 g/mol. The molecule has 1 aliphatic rings. The molecule has 5 rings (SSSR count). The molecule has 154 valence electrons. The van der Waals surface area contributed by atoms with Crippen LogP contribution in [0.4, 0.5) is 5.69 Å². The standard InChI is InChI=1S/C23H17BrClN5S/c24-15-6-9-17(10-7-15)30-22(21(28-23(30)31)18-4-1-2-12-26-18)19-5-3-13-29(19)20-11-8-16(25)14-27-20/h1-14,21-22H,(H,28,31)/t21-,22+/m0/s1. The highest BCUT2D eigenvalue weighted by atomic mass is 79.9.